The van der Waals surface area contributed by atoms with Gasteiger partial charge in [0.25, 0.3) is 0 Å². The van der Waals surface area contributed by atoms with E-state index in [0.29, 0.717) is 6.42 Å². The Hall–Kier alpha value is -1.32. The lowest BCUT2D eigenvalue weighted by atomic mass is 9.90. The van der Waals surface area contributed by atoms with Crippen LogP contribution in [0.25, 0.3) is 0 Å². The average molecular weight is 222 g/mol. The number of carbonyl (C=O) groups is 1. The number of rotatable bonds is 3. The zero-order valence-corrected chi connectivity index (χ0v) is 9.86. The van der Waals surface area contributed by atoms with Gasteiger partial charge in [0, 0.05) is 25.6 Å². The SMILES string of the molecule is CCCc1nc2c(n1C)CCC(C(=O)O)C2. The van der Waals surface area contributed by atoms with Gasteiger partial charge in [-0.15, -0.1) is 0 Å². The van der Waals surface area contributed by atoms with E-state index >= 15 is 0 Å². The summed E-state index contributed by atoms with van der Waals surface area (Å²) < 4.78 is 2.15. The van der Waals surface area contributed by atoms with Crippen LogP contribution in [0.5, 0.6) is 0 Å². The predicted molar refractivity (Wildman–Crippen MR) is 60.4 cm³/mol. The van der Waals surface area contributed by atoms with Crippen molar-refractivity contribution >= 4 is 5.97 Å². The zero-order valence-electron chi connectivity index (χ0n) is 9.86. The van der Waals surface area contributed by atoms with Crippen LogP contribution in [0.15, 0.2) is 0 Å². The third-order valence-corrected chi connectivity index (χ3v) is 3.38. The van der Waals surface area contributed by atoms with Crippen LogP contribution in [0.1, 0.15) is 37.0 Å². The molecule has 0 fully saturated rings. The summed E-state index contributed by atoms with van der Waals surface area (Å²) in [4.78, 5) is 15.5. The summed E-state index contributed by atoms with van der Waals surface area (Å²) >= 11 is 0. The number of hydrogen-bond acceptors (Lipinski definition) is 2. The first kappa shape index (κ1) is 11.2. The Bertz CT molecular complexity index is 409. The second-order valence-corrected chi connectivity index (χ2v) is 4.51. The summed E-state index contributed by atoms with van der Waals surface area (Å²) in [5.74, 6) is 0.170. The van der Waals surface area contributed by atoms with Gasteiger partial charge >= 0.3 is 5.97 Å². The molecule has 88 valence electrons. The van der Waals surface area contributed by atoms with E-state index in [1.165, 1.54) is 5.69 Å². The van der Waals surface area contributed by atoms with Crippen molar-refractivity contribution < 1.29 is 9.90 Å². The molecular formula is C12H18N2O2. The fourth-order valence-electron chi connectivity index (χ4n) is 2.42. The van der Waals surface area contributed by atoms with Gasteiger partial charge in [-0.1, -0.05) is 6.92 Å². The number of aryl methyl sites for hydroxylation is 1. The molecule has 1 aromatic heterocycles. The quantitative estimate of drug-likeness (QED) is 0.844. The highest BCUT2D eigenvalue weighted by Crippen LogP contribution is 2.26. The van der Waals surface area contributed by atoms with Gasteiger partial charge in [0.1, 0.15) is 5.82 Å². The van der Waals surface area contributed by atoms with Crippen molar-refractivity contribution in [3.05, 3.63) is 17.2 Å². The first-order valence-electron chi connectivity index (χ1n) is 5.89. The Labute approximate surface area is 95.3 Å². The maximum absolute atomic E-state index is 10.9. The molecule has 1 aliphatic rings. The lowest BCUT2D eigenvalue weighted by Gasteiger charge is -2.18. The number of fused-ring (bicyclic) bond motifs is 1. The molecule has 1 N–H and O–H groups in total. The van der Waals surface area contributed by atoms with Gasteiger partial charge in [0.15, 0.2) is 0 Å². The molecule has 16 heavy (non-hydrogen) atoms. The second-order valence-electron chi connectivity index (χ2n) is 4.51. The maximum atomic E-state index is 10.9. The van der Waals surface area contributed by atoms with E-state index in [0.717, 1.165) is 37.2 Å². The van der Waals surface area contributed by atoms with Crippen LogP contribution >= 0.6 is 0 Å². The van der Waals surface area contributed by atoms with Gasteiger partial charge in [-0.2, -0.15) is 0 Å². The zero-order chi connectivity index (χ0) is 11.7. The Kier molecular flexibility index (Phi) is 2.99. The Morgan fingerprint density at radius 1 is 1.62 bits per heavy atom. The molecule has 0 aliphatic heterocycles. The number of carboxylic acid groups (broad SMARTS) is 1. The summed E-state index contributed by atoms with van der Waals surface area (Å²) in [5, 5.41) is 9.01. The smallest absolute Gasteiger partial charge is 0.306 e. The van der Waals surface area contributed by atoms with E-state index in [2.05, 4.69) is 16.5 Å². The number of aromatic nitrogens is 2. The summed E-state index contributed by atoms with van der Waals surface area (Å²) in [6, 6.07) is 0. The number of carboxylic acids is 1. The van der Waals surface area contributed by atoms with Gasteiger partial charge in [0.05, 0.1) is 11.6 Å². The fraction of sp³-hybridized carbons (Fsp3) is 0.667. The highest BCUT2D eigenvalue weighted by atomic mass is 16.4. The van der Waals surface area contributed by atoms with Gasteiger partial charge < -0.3 is 9.67 Å². The molecule has 0 spiro atoms. The Balaban J connectivity index is 2.26. The number of aliphatic carboxylic acids is 1. The summed E-state index contributed by atoms with van der Waals surface area (Å²) in [6.07, 6.45) is 4.24. The predicted octanol–water partition coefficient (Wildman–Crippen LogP) is 1.56. The highest BCUT2D eigenvalue weighted by molar-refractivity contribution is 5.70. The molecule has 4 nitrogen and oxygen atoms in total. The number of hydrogen-bond donors (Lipinski definition) is 1. The topological polar surface area (TPSA) is 55.1 Å². The van der Waals surface area contributed by atoms with E-state index in [1.54, 1.807) is 0 Å². The van der Waals surface area contributed by atoms with Crippen molar-refractivity contribution in [2.75, 3.05) is 0 Å². The van der Waals surface area contributed by atoms with E-state index in [4.69, 9.17) is 5.11 Å². The van der Waals surface area contributed by atoms with E-state index in [1.807, 2.05) is 7.05 Å². The van der Waals surface area contributed by atoms with Gasteiger partial charge in [-0.25, -0.2) is 4.98 Å². The standard InChI is InChI=1S/C12H18N2O2/c1-3-4-11-13-9-7-8(12(15)16)5-6-10(9)14(11)2/h8H,3-7H2,1-2H3,(H,15,16). The van der Waals surface area contributed by atoms with Crippen molar-refractivity contribution in [2.24, 2.45) is 13.0 Å². The molecule has 1 aliphatic carbocycles. The minimum Gasteiger partial charge on any atom is -0.481 e. The molecule has 0 amide bonds. The summed E-state index contributed by atoms with van der Waals surface area (Å²) in [6.45, 7) is 2.13. The van der Waals surface area contributed by atoms with Crippen LogP contribution < -0.4 is 0 Å². The Morgan fingerprint density at radius 3 is 3.00 bits per heavy atom. The maximum Gasteiger partial charge on any atom is 0.306 e. The average Bonchev–Trinajstić information content (AvgIpc) is 2.56. The first-order valence-corrected chi connectivity index (χ1v) is 5.89. The molecule has 1 unspecified atom stereocenters. The number of imidazole rings is 1. The van der Waals surface area contributed by atoms with Crippen molar-refractivity contribution in [1.82, 2.24) is 9.55 Å². The van der Waals surface area contributed by atoms with Crippen molar-refractivity contribution in [2.45, 2.75) is 39.0 Å². The summed E-state index contributed by atoms with van der Waals surface area (Å²) in [7, 11) is 2.04. The lowest BCUT2D eigenvalue weighted by Crippen LogP contribution is -2.22. The van der Waals surface area contributed by atoms with Crippen LogP contribution in [-0.2, 0) is 31.1 Å². The van der Waals surface area contributed by atoms with Crippen LogP contribution in [0.2, 0.25) is 0 Å². The highest BCUT2D eigenvalue weighted by Gasteiger charge is 2.28. The molecular weight excluding hydrogens is 204 g/mol. The second kappa shape index (κ2) is 4.28. The van der Waals surface area contributed by atoms with Crippen LogP contribution in [-0.4, -0.2) is 20.6 Å². The molecule has 0 aromatic carbocycles. The van der Waals surface area contributed by atoms with E-state index in [-0.39, 0.29) is 5.92 Å². The monoisotopic (exact) mass is 222 g/mol. The largest absolute Gasteiger partial charge is 0.481 e. The van der Waals surface area contributed by atoms with Crippen LogP contribution in [0.4, 0.5) is 0 Å². The third-order valence-electron chi connectivity index (χ3n) is 3.38. The van der Waals surface area contributed by atoms with Crippen molar-refractivity contribution in [3.8, 4) is 0 Å². The molecule has 0 bridgehead atoms. The van der Waals surface area contributed by atoms with E-state index < -0.39 is 5.97 Å². The molecule has 1 heterocycles. The van der Waals surface area contributed by atoms with Crippen molar-refractivity contribution in [1.29, 1.82) is 0 Å². The molecule has 1 atom stereocenters. The number of nitrogens with zero attached hydrogens (tertiary/aromatic N) is 2. The minimum absolute atomic E-state index is 0.239. The van der Waals surface area contributed by atoms with Gasteiger partial charge in [-0.05, 0) is 19.3 Å². The molecule has 1 aromatic rings. The third kappa shape index (κ3) is 1.84. The van der Waals surface area contributed by atoms with Gasteiger partial charge in [0.2, 0.25) is 0 Å². The van der Waals surface area contributed by atoms with Crippen LogP contribution in [0, 0.1) is 5.92 Å². The Morgan fingerprint density at radius 2 is 2.38 bits per heavy atom. The fourth-order valence-corrected chi connectivity index (χ4v) is 2.42. The summed E-state index contributed by atoms with van der Waals surface area (Å²) in [5.41, 5.74) is 2.24. The molecule has 0 saturated carbocycles. The lowest BCUT2D eigenvalue weighted by molar-refractivity contribution is -0.142. The van der Waals surface area contributed by atoms with E-state index in [9.17, 15) is 4.79 Å². The molecule has 2 rings (SSSR count). The van der Waals surface area contributed by atoms with Gasteiger partial charge in [-0.3, -0.25) is 4.79 Å². The molecule has 0 radical (unpaired) electrons. The minimum atomic E-state index is -0.687. The van der Waals surface area contributed by atoms with Crippen molar-refractivity contribution in [3.63, 3.8) is 0 Å². The molecule has 0 saturated heterocycles. The molecule has 4 heteroatoms. The van der Waals surface area contributed by atoms with Crippen LogP contribution in [0.3, 0.4) is 0 Å². The first-order chi connectivity index (χ1) is 7.63. The normalized spacial score (nSPS) is 19.5.